The Labute approximate surface area is 185 Å². The highest BCUT2D eigenvalue weighted by molar-refractivity contribution is 7.46. The molecule has 4 rings (SSSR count). The first-order chi connectivity index (χ1) is 14.6. The summed E-state index contributed by atoms with van der Waals surface area (Å²) in [5.74, 6) is -2.87. The Morgan fingerprint density at radius 2 is 1.97 bits per heavy atom. The molecule has 3 saturated carbocycles. The first-order valence-electron chi connectivity index (χ1n) is 10.9. The molecule has 4 aliphatic rings. The number of allylic oxidation sites excluding steroid dienone is 4. The minimum atomic E-state index is -4.93. The molecule has 0 heterocycles. The number of fused-ring (bicyclic) bond motifs is 5. The smallest absolute Gasteiger partial charge is 0.390 e. The van der Waals surface area contributed by atoms with E-state index in [9.17, 15) is 24.4 Å². The van der Waals surface area contributed by atoms with Crippen molar-refractivity contribution in [1.29, 1.82) is 0 Å². The van der Waals surface area contributed by atoms with E-state index in [1.54, 1.807) is 20.8 Å². The van der Waals surface area contributed by atoms with Gasteiger partial charge in [0.05, 0.1) is 6.10 Å². The first kappa shape index (κ1) is 23.9. The minimum Gasteiger partial charge on any atom is -0.390 e. The number of hydrogen-bond donors (Lipinski definition) is 4. The van der Waals surface area contributed by atoms with Crippen molar-refractivity contribution in [3.8, 4) is 0 Å². The molecule has 0 spiro atoms. The van der Waals surface area contributed by atoms with Gasteiger partial charge in [-0.05, 0) is 56.6 Å². The Kier molecular flexibility index (Phi) is 5.34. The summed E-state index contributed by atoms with van der Waals surface area (Å²) in [6.07, 6.45) is 3.70. The maximum absolute atomic E-state index is 17.0. The van der Waals surface area contributed by atoms with Gasteiger partial charge in [-0.2, -0.15) is 0 Å². The fraction of sp³-hybridized carbons (Fsp3) is 0.727. The molecule has 0 aromatic rings. The second-order valence-corrected chi connectivity index (χ2v) is 11.6. The zero-order valence-corrected chi connectivity index (χ0v) is 19.2. The van der Waals surface area contributed by atoms with Crippen molar-refractivity contribution in [2.75, 3.05) is 6.61 Å². The van der Waals surface area contributed by atoms with E-state index in [1.807, 2.05) is 0 Å². The Balaban J connectivity index is 1.74. The molecule has 0 aromatic carbocycles. The highest BCUT2D eigenvalue weighted by atomic mass is 31.2. The Hall–Kier alpha value is -1.22. The van der Waals surface area contributed by atoms with Crippen LogP contribution in [0.2, 0.25) is 0 Å². The molecule has 10 heteroatoms. The van der Waals surface area contributed by atoms with Crippen LogP contribution < -0.4 is 0 Å². The lowest BCUT2D eigenvalue weighted by molar-refractivity contribution is -0.219. The summed E-state index contributed by atoms with van der Waals surface area (Å²) in [5.41, 5.74) is -5.88. The van der Waals surface area contributed by atoms with E-state index in [0.717, 1.165) is 0 Å². The van der Waals surface area contributed by atoms with Crippen LogP contribution in [0.15, 0.2) is 23.8 Å². The highest BCUT2D eigenvalue weighted by Crippen LogP contribution is 2.70. The van der Waals surface area contributed by atoms with E-state index < -0.39 is 66.2 Å². The number of carbonyl (C=O) groups excluding carboxylic acids is 2. The number of hydrogen-bond acceptors (Lipinski definition) is 6. The van der Waals surface area contributed by atoms with Gasteiger partial charge in [-0.3, -0.25) is 14.1 Å². The van der Waals surface area contributed by atoms with Gasteiger partial charge in [0, 0.05) is 16.7 Å². The molecule has 8 atom stereocenters. The van der Waals surface area contributed by atoms with Gasteiger partial charge in [-0.15, -0.1) is 0 Å². The number of phosphoric acid groups is 1. The van der Waals surface area contributed by atoms with Crippen LogP contribution >= 0.6 is 7.82 Å². The Bertz CT molecular complexity index is 973. The zero-order valence-electron chi connectivity index (χ0n) is 18.3. The van der Waals surface area contributed by atoms with E-state index >= 15 is 4.39 Å². The monoisotopic (exact) mass is 472 g/mol. The van der Waals surface area contributed by atoms with Gasteiger partial charge >= 0.3 is 7.82 Å². The summed E-state index contributed by atoms with van der Waals surface area (Å²) in [5, 5.41) is 22.8. The largest absolute Gasteiger partial charge is 0.470 e. The fourth-order valence-corrected chi connectivity index (χ4v) is 7.68. The molecule has 3 fully saturated rings. The third-order valence-electron chi connectivity index (χ3n) is 9.01. The van der Waals surface area contributed by atoms with Crippen molar-refractivity contribution < 1.29 is 43.1 Å². The van der Waals surface area contributed by atoms with Gasteiger partial charge in [-0.1, -0.05) is 25.5 Å². The Morgan fingerprint density at radius 3 is 2.59 bits per heavy atom. The third-order valence-corrected chi connectivity index (χ3v) is 9.48. The quantitative estimate of drug-likeness (QED) is 0.456. The second kappa shape index (κ2) is 7.14. The van der Waals surface area contributed by atoms with E-state index in [1.165, 1.54) is 18.2 Å². The van der Waals surface area contributed by atoms with Crippen molar-refractivity contribution in [3.63, 3.8) is 0 Å². The highest BCUT2D eigenvalue weighted by Gasteiger charge is 2.75. The van der Waals surface area contributed by atoms with Crippen LogP contribution in [0.3, 0.4) is 0 Å². The molecule has 0 radical (unpaired) electrons. The molecular weight excluding hydrogens is 442 g/mol. The van der Waals surface area contributed by atoms with Gasteiger partial charge in [0.15, 0.2) is 17.2 Å². The summed E-state index contributed by atoms with van der Waals surface area (Å²) in [6, 6.07) is 0. The molecule has 4 aliphatic carbocycles. The molecular formula is C22H30FO8P. The minimum absolute atomic E-state index is 0.211. The van der Waals surface area contributed by atoms with Crippen LogP contribution in [0.4, 0.5) is 4.39 Å². The van der Waals surface area contributed by atoms with Gasteiger partial charge in [0.1, 0.15) is 12.2 Å². The van der Waals surface area contributed by atoms with Crippen LogP contribution in [0, 0.1) is 28.6 Å². The maximum atomic E-state index is 17.0. The van der Waals surface area contributed by atoms with Gasteiger partial charge in [0.25, 0.3) is 0 Å². The van der Waals surface area contributed by atoms with E-state index in [2.05, 4.69) is 4.52 Å². The molecule has 8 nitrogen and oxygen atoms in total. The summed E-state index contributed by atoms with van der Waals surface area (Å²) >= 11 is 0. The van der Waals surface area contributed by atoms with Crippen molar-refractivity contribution in [1.82, 2.24) is 0 Å². The van der Waals surface area contributed by atoms with Crippen molar-refractivity contribution in [2.24, 2.45) is 28.6 Å². The molecule has 0 aliphatic heterocycles. The van der Waals surface area contributed by atoms with Crippen molar-refractivity contribution >= 4 is 19.4 Å². The van der Waals surface area contributed by atoms with Gasteiger partial charge in [0.2, 0.25) is 0 Å². The average molecular weight is 472 g/mol. The molecule has 0 aromatic heterocycles. The van der Waals surface area contributed by atoms with E-state index in [0.29, 0.717) is 24.8 Å². The predicted molar refractivity (Wildman–Crippen MR) is 111 cm³/mol. The van der Waals surface area contributed by atoms with E-state index in [-0.39, 0.29) is 12.2 Å². The predicted octanol–water partition coefficient (Wildman–Crippen LogP) is 2.01. The molecule has 0 saturated heterocycles. The van der Waals surface area contributed by atoms with Crippen molar-refractivity contribution in [3.05, 3.63) is 23.8 Å². The van der Waals surface area contributed by atoms with Crippen LogP contribution in [-0.2, 0) is 18.7 Å². The zero-order chi connectivity index (χ0) is 23.9. The topological polar surface area (TPSA) is 141 Å². The van der Waals surface area contributed by atoms with Crippen LogP contribution in [-0.4, -0.2) is 55.5 Å². The second-order valence-electron chi connectivity index (χ2n) is 10.4. The summed E-state index contributed by atoms with van der Waals surface area (Å²) in [7, 11) is -4.93. The number of halogens is 1. The van der Waals surface area contributed by atoms with Gasteiger partial charge in [-0.25, -0.2) is 8.96 Å². The number of carbonyl (C=O) groups is 2. The van der Waals surface area contributed by atoms with Crippen LogP contribution in [0.25, 0.3) is 0 Å². The summed E-state index contributed by atoms with van der Waals surface area (Å²) < 4.78 is 32.5. The lowest BCUT2D eigenvalue weighted by Gasteiger charge is -2.62. The third kappa shape index (κ3) is 2.95. The van der Waals surface area contributed by atoms with E-state index in [4.69, 9.17) is 9.79 Å². The lowest BCUT2D eigenvalue weighted by atomic mass is 9.44. The molecule has 0 amide bonds. The lowest BCUT2D eigenvalue weighted by Crippen LogP contribution is -2.69. The maximum Gasteiger partial charge on any atom is 0.470 e. The van der Waals surface area contributed by atoms with Gasteiger partial charge < -0.3 is 20.0 Å². The standard InChI is InChI=1S/C22H30FO8P/c1-12-8-16-15-5-4-13-9-14(24)6-7-19(13,2)21(15,23)17(25)10-20(16,3)22(12,27)18(26)11-31-32(28,29)30/h6-7,9,12,15-17,25,27H,4-5,8,10-11H2,1-3H3,(H2,28,29,30)/t12-,15+,16-,17+,19+,20-,21+,22+/m1/s1. The number of ketones is 2. The Morgan fingerprint density at radius 1 is 1.31 bits per heavy atom. The first-order valence-corrected chi connectivity index (χ1v) is 12.4. The number of Topliss-reactive ketones (excluding diaryl/α,β-unsaturated/α-hetero) is 1. The van der Waals surface area contributed by atoms with Crippen molar-refractivity contribution in [2.45, 2.75) is 63.8 Å². The molecule has 0 bridgehead atoms. The number of aliphatic hydroxyl groups excluding tert-OH is 1. The SMILES string of the molecule is C[C@@H]1C[C@@H]2[C@@H]3CCC4=CC(=O)C=C[C@]4(C)[C@@]3(F)[C@@H](O)C[C@@]2(C)[C@@]1(O)C(=O)COP(=O)(O)O. The molecule has 0 unspecified atom stereocenters. The molecule has 178 valence electrons. The van der Waals surface area contributed by atoms with Crippen LogP contribution in [0.5, 0.6) is 0 Å². The molecule has 4 N–H and O–H groups in total. The summed E-state index contributed by atoms with van der Waals surface area (Å²) in [4.78, 5) is 42.8. The molecule has 32 heavy (non-hydrogen) atoms. The number of alkyl halides is 1. The number of aliphatic hydroxyl groups is 2. The summed E-state index contributed by atoms with van der Waals surface area (Å²) in [6.45, 7) is 4.00. The van der Waals surface area contributed by atoms with Crippen LogP contribution in [0.1, 0.15) is 46.5 Å². The average Bonchev–Trinajstić information content (AvgIpc) is 2.89. The number of rotatable bonds is 4. The normalized spacial score (nSPS) is 48.0. The number of phosphoric ester groups is 1. The fourth-order valence-electron chi connectivity index (χ4n) is 7.39.